The summed E-state index contributed by atoms with van der Waals surface area (Å²) in [6.07, 6.45) is 6.65. The maximum atomic E-state index is 5.33. The molecule has 1 saturated carbocycles. The summed E-state index contributed by atoms with van der Waals surface area (Å²) < 4.78 is 5.04. The van der Waals surface area contributed by atoms with Crippen LogP contribution < -0.4 is 11.1 Å². The van der Waals surface area contributed by atoms with Gasteiger partial charge < -0.3 is 15.5 Å². The van der Waals surface area contributed by atoms with E-state index in [0.717, 1.165) is 18.4 Å². The molecule has 2 rings (SSSR count). The van der Waals surface area contributed by atoms with E-state index in [1.54, 1.807) is 0 Å². The highest BCUT2D eigenvalue weighted by Gasteiger charge is 2.18. The van der Waals surface area contributed by atoms with Crippen molar-refractivity contribution >= 4 is 12.0 Å². The number of nitrogens with one attached hydrogen (secondary N) is 1. The lowest BCUT2D eigenvalue weighted by Gasteiger charge is -2.26. The molecule has 90 valence electrons. The molecule has 0 amide bonds. The number of hydrogen-bond donors (Lipinski definition) is 2. The van der Waals surface area contributed by atoms with Gasteiger partial charge in [-0.05, 0) is 24.7 Å². The van der Waals surface area contributed by atoms with Crippen LogP contribution in [0.2, 0.25) is 0 Å². The normalized spacial score (nSPS) is 25.6. The first-order chi connectivity index (χ1) is 7.74. The number of hydrogen-bond acceptors (Lipinski definition) is 5. The zero-order valence-electron chi connectivity index (χ0n) is 9.78. The van der Waals surface area contributed by atoms with Crippen molar-refractivity contribution in [3.63, 3.8) is 0 Å². The van der Waals surface area contributed by atoms with Gasteiger partial charge in [0.2, 0.25) is 0 Å². The number of anilines is 2. The van der Waals surface area contributed by atoms with E-state index in [2.05, 4.69) is 22.4 Å². The molecule has 1 aliphatic carbocycles. The van der Waals surface area contributed by atoms with Crippen LogP contribution in [0, 0.1) is 11.8 Å². The van der Waals surface area contributed by atoms with Crippen LogP contribution in [0.5, 0.6) is 0 Å². The molecular formula is C11H20N4O. The van der Waals surface area contributed by atoms with Crippen molar-refractivity contribution in [2.24, 2.45) is 11.8 Å². The van der Waals surface area contributed by atoms with Crippen LogP contribution in [-0.2, 0) is 0 Å². The van der Waals surface area contributed by atoms with Crippen molar-refractivity contribution in [3.05, 3.63) is 0 Å². The van der Waals surface area contributed by atoms with E-state index in [0.29, 0.717) is 6.01 Å². The number of rotatable bonds is 4. The third-order valence-corrected chi connectivity index (χ3v) is 3.31. The zero-order valence-corrected chi connectivity index (χ0v) is 9.78. The molecular weight excluding hydrogens is 204 g/mol. The fourth-order valence-electron chi connectivity index (χ4n) is 2.51. The van der Waals surface area contributed by atoms with Crippen LogP contribution in [0.15, 0.2) is 4.42 Å². The molecule has 1 aliphatic rings. The van der Waals surface area contributed by atoms with Gasteiger partial charge in [-0.1, -0.05) is 36.4 Å². The first-order valence-electron chi connectivity index (χ1n) is 6.07. The highest BCUT2D eigenvalue weighted by Crippen LogP contribution is 2.30. The van der Waals surface area contributed by atoms with E-state index in [1.807, 2.05) is 0 Å². The van der Waals surface area contributed by atoms with Crippen LogP contribution in [0.4, 0.5) is 12.0 Å². The Morgan fingerprint density at radius 1 is 1.44 bits per heavy atom. The second-order valence-corrected chi connectivity index (χ2v) is 4.80. The second-order valence-electron chi connectivity index (χ2n) is 4.80. The van der Waals surface area contributed by atoms with Crippen molar-refractivity contribution in [1.29, 1.82) is 0 Å². The fourth-order valence-corrected chi connectivity index (χ4v) is 2.51. The van der Waals surface area contributed by atoms with E-state index in [-0.39, 0.29) is 6.01 Å². The molecule has 1 aromatic heterocycles. The van der Waals surface area contributed by atoms with Gasteiger partial charge in [0, 0.05) is 6.54 Å². The van der Waals surface area contributed by atoms with Crippen LogP contribution in [0.25, 0.3) is 0 Å². The SMILES string of the molecule is CC1CCCC(CCNc2nnc(N)o2)C1. The molecule has 0 spiro atoms. The standard InChI is InChI=1S/C11H20N4O/c1-8-3-2-4-9(7-8)5-6-13-11-15-14-10(12)16-11/h8-9H,2-7H2,1H3,(H2,12,14)(H,13,15). The molecule has 1 fully saturated rings. The van der Waals surface area contributed by atoms with Gasteiger partial charge in [0.15, 0.2) is 0 Å². The van der Waals surface area contributed by atoms with E-state index in [1.165, 1.54) is 32.1 Å². The van der Waals surface area contributed by atoms with Gasteiger partial charge >= 0.3 is 12.0 Å². The van der Waals surface area contributed by atoms with Crippen molar-refractivity contribution in [3.8, 4) is 0 Å². The van der Waals surface area contributed by atoms with Gasteiger partial charge in [0.25, 0.3) is 0 Å². The fraction of sp³-hybridized carbons (Fsp3) is 0.818. The summed E-state index contributed by atoms with van der Waals surface area (Å²) in [6.45, 7) is 3.23. The Morgan fingerprint density at radius 2 is 2.31 bits per heavy atom. The monoisotopic (exact) mass is 224 g/mol. The number of nitrogen functional groups attached to an aromatic ring is 1. The van der Waals surface area contributed by atoms with E-state index < -0.39 is 0 Å². The Kier molecular flexibility index (Phi) is 3.64. The third-order valence-electron chi connectivity index (χ3n) is 3.31. The first kappa shape index (κ1) is 11.2. The minimum absolute atomic E-state index is 0.119. The summed E-state index contributed by atoms with van der Waals surface area (Å²) in [4.78, 5) is 0. The summed E-state index contributed by atoms with van der Waals surface area (Å²) in [5.74, 6) is 1.73. The summed E-state index contributed by atoms with van der Waals surface area (Å²) in [5.41, 5.74) is 5.33. The summed E-state index contributed by atoms with van der Waals surface area (Å²) in [6, 6.07) is 0.551. The van der Waals surface area contributed by atoms with Crippen LogP contribution in [-0.4, -0.2) is 16.7 Å². The first-order valence-corrected chi connectivity index (χ1v) is 6.07. The van der Waals surface area contributed by atoms with E-state index in [9.17, 15) is 0 Å². The van der Waals surface area contributed by atoms with Gasteiger partial charge in [-0.25, -0.2) is 0 Å². The molecule has 5 heteroatoms. The van der Waals surface area contributed by atoms with Gasteiger partial charge in [-0.2, -0.15) is 0 Å². The second kappa shape index (κ2) is 5.18. The van der Waals surface area contributed by atoms with Crippen molar-refractivity contribution < 1.29 is 4.42 Å². The molecule has 3 N–H and O–H groups in total. The lowest BCUT2D eigenvalue weighted by Crippen LogP contribution is -2.16. The Morgan fingerprint density at radius 3 is 3.00 bits per heavy atom. The average Bonchev–Trinajstić information content (AvgIpc) is 2.64. The summed E-state index contributed by atoms with van der Waals surface area (Å²) in [7, 11) is 0. The molecule has 1 heterocycles. The van der Waals surface area contributed by atoms with Gasteiger partial charge in [0.1, 0.15) is 0 Å². The maximum Gasteiger partial charge on any atom is 0.316 e. The molecule has 0 radical (unpaired) electrons. The third kappa shape index (κ3) is 3.12. The predicted octanol–water partition coefficient (Wildman–Crippen LogP) is 2.28. The molecule has 0 bridgehead atoms. The predicted molar refractivity (Wildman–Crippen MR) is 62.9 cm³/mol. The van der Waals surface area contributed by atoms with Crippen LogP contribution in [0.1, 0.15) is 39.0 Å². The van der Waals surface area contributed by atoms with E-state index in [4.69, 9.17) is 10.2 Å². The summed E-state index contributed by atoms with van der Waals surface area (Å²) >= 11 is 0. The van der Waals surface area contributed by atoms with Crippen LogP contribution in [0.3, 0.4) is 0 Å². The molecule has 0 aliphatic heterocycles. The molecule has 1 aromatic rings. The number of nitrogens with two attached hydrogens (primary N) is 1. The maximum absolute atomic E-state index is 5.33. The van der Waals surface area contributed by atoms with E-state index >= 15 is 0 Å². The molecule has 2 unspecified atom stereocenters. The highest BCUT2D eigenvalue weighted by atomic mass is 16.4. The zero-order chi connectivity index (χ0) is 11.4. The highest BCUT2D eigenvalue weighted by molar-refractivity contribution is 5.22. The molecule has 2 atom stereocenters. The smallest absolute Gasteiger partial charge is 0.316 e. The molecule has 0 saturated heterocycles. The van der Waals surface area contributed by atoms with Gasteiger partial charge in [-0.15, -0.1) is 0 Å². The van der Waals surface area contributed by atoms with Gasteiger partial charge in [-0.3, -0.25) is 0 Å². The van der Waals surface area contributed by atoms with Crippen molar-refractivity contribution in [2.45, 2.75) is 39.0 Å². The van der Waals surface area contributed by atoms with Crippen LogP contribution >= 0.6 is 0 Å². The van der Waals surface area contributed by atoms with Crippen molar-refractivity contribution in [1.82, 2.24) is 10.2 Å². The number of nitrogens with zero attached hydrogens (tertiary/aromatic N) is 2. The Bertz CT molecular complexity index is 326. The molecule has 16 heavy (non-hydrogen) atoms. The molecule has 5 nitrogen and oxygen atoms in total. The lowest BCUT2D eigenvalue weighted by molar-refractivity contribution is 0.274. The largest absolute Gasteiger partial charge is 0.390 e. The number of aromatic nitrogens is 2. The quantitative estimate of drug-likeness (QED) is 0.820. The topological polar surface area (TPSA) is 77.0 Å². The Labute approximate surface area is 95.8 Å². The summed E-state index contributed by atoms with van der Waals surface area (Å²) in [5, 5.41) is 10.5. The Balaban J connectivity index is 1.67. The average molecular weight is 224 g/mol. The minimum atomic E-state index is 0.119. The van der Waals surface area contributed by atoms with Gasteiger partial charge in [0.05, 0.1) is 0 Å². The van der Waals surface area contributed by atoms with Crippen molar-refractivity contribution in [2.75, 3.05) is 17.6 Å². The molecule has 0 aromatic carbocycles. The Hall–Kier alpha value is -1.26. The lowest BCUT2D eigenvalue weighted by atomic mass is 9.81. The minimum Gasteiger partial charge on any atom is -0.390 e.